The molecule has 1 saturated heterocycles. The number of aromatic nitrogens is 3. The van der Waals surface area contributed by atoms with Crippen LogP contribution in [0.15, 0.2) is 57.0 Å². The summed E-state index contributed by atoms with van der Waals surface area (Å²) in [6, 6.07) is 10.6. The van der Waals surface area contributed by atoms with Crippen molar-refractivity contribution in [2.24, 2.45) is 0 Å². The molecule has 0 aliphatic carbocycles. The van der Waals surface area contributed by atoms with Gasteiger partial charge in [-0.3, -0.25) is 0 Å². The fourth-order valence-corrected chi connectivity index (χ4v) is 5.42. The van der Waals surface area contributed by atoms with E-state index in [9.17, 15) is 8.42 Å². The number of rotatable bonds is 6. The van der Waals surface area contributed by atoms with Gasteiger partial charge >= 0.3 is 0 Å². The van der Waals surface area contributed by atoms with Gasteiger partial charge in [0.15, 0.2) is 5.82 Å². The Bertz CT molecular complexity index is 1080. The van der Waals surface area contributed by atoms with Crippen LogP contribution in [0.3, 0.4) is 0 Å². The van der Waals surface area contributed by atoms with Gasteiger partial charge < -0.3 is 4.52 Å². The summed E-state index contributed by atoms with van der Waals surface area (Å²) >= 11 is 7.56. The first-order valence-electron chi connectivity index (χ1n) is 9.20. The number of nitrogens with zero attached hydrogens (tertiary/aromatic N) is 4. The Balaban J connectivity index is 1.40. The first kappa shape index (κ1) is 20.3. The van der Waals surface area contributed by atoms with Crippen molar-refractivity contribution in [3.8, 4) is 11.5 Å². The van der Waals surface area contributed by atoms with E-state index in [0.717, 1.165) is 19.3 Å². The first-order valence-corrected chi connectivity index (χ1v) is 12.0. The topological polar surface area (TPSA) is 89.2 Å². The Morgan fingerprint density at radius 3 is 2.62 bits per heavy atom. The van der Waals surface area contributed by atoms with Gasteiger partial charge in [-0.15, -0.1) is 0 Å². The second-order valence-electron chi connectivity index (χ2n) is 6.58. The lowest BCUT2D eigenvalue weighted by molar-refractivity contribution is 0.346. The SMILES string of the molecule is O=S(=O)(c1ccc(SCc2noc(-c3ccccc3Cl)n2)nc1)N1CCCCC1. The average Bonchev–Trinajstić information content (AvgIpc) is 3.22. The predicted octanol–water partition coefficient (Wildman–Crippen LogP) is 4.25. The molecule has 1 aliphatic heterocycles. The lowest BCUT2D eigenvalue weighted by Crippen LogP contribution is -2.35. The molecule has 3 heterocycles. The van der Waals surface area contributed by atoms with Gasteiger partial charge in [-0.2, -0.15) is 9.29 Å². The number of pyridine rings is 1. The van der Waals surface area contributed by atoms with Crippen LogP contribution >= 0.6 is 23.4 Å². The van der Waals surface area contributed by atoms with E-state index in [-0.39, 0.29) is 4.90 Å². The summed E-state index contributed by atoms with van der Waals surface area (Å²) in [5, 5.41) is 5.20. The van der Waals surface area contributed by atoms with Gasteiger partial charge in [0.05, 0.1) is 21.4 Å². The molecule has 2 aromatic heterocycles. The fraction of sp³-hybridized carbons (Fsp3) is 0.316. The highest BCUT2D eigenvalue weighted by Crippen LogP contribution is 2.28. The summed E-state index contributed by atoms with van der Waals surface area (Å²) in [5.41, 5.74) is 0.684. The molecule has 1 fully saturated rings. The molecule has 1 aromatic carbocycles. The van der Waals surface area contributed by atoms with Gasteiger partial charge in [-0.05, 0) is 37.1 Å². The van der Waals surface area contributed by atoms with Crippen LogP contribution in [0.4, 0.5) is 0 Å². The van der Waals surface area contributed by atoms with Crippen molar-refractivity contribution in [3.63, 3.8) is 0 Å². The van der Waals surface area contributed by atoms with Gasteiger partial charge in [0, 0.05) is 19.3 Å². The van der Waals surface area contributed by atoms with Crippen LogP contribution in [0, 0.1) is 0 Å². The third-order valence-corrected chi connectivity index (χ3v) is 7.74. The minimum absolute atomic E-state index is 0.226. The van der Waals surface area contributed by atoms with E-state index < -0.39 is 10.0 Å². The zero-order valence-corrected chi connectivity index (χ0v) is 17.9. The van der Waals surface area contributed by atoms with Crippen molar-refractivity contribution in [1.29, 1.82) is 0 Å². The molecule has 10 heteroatoms. The standard InChI is InChI=1S/C19H19ClN4O3S2/c20-16-7-3-2-6-15(16)19-22-17(23-27-19)13-28-18-9-8-14(12-21-18)29(25,26)24-10-4-1-5-11-24/h2-3,6-9,12H,1,4-5,10-11,13H2. The summed E-state index contributed by atoms with van der Waals surface area (Å²) in [6.07, 6.45) is 4.30. The highest BCUT2D eigenvalue weighted by atomic mass is 35.5. The summed E-state index contributed by atoms with van der Waals surface area (Å²) in [5.74, 6) is 1.32. The number of benzene rings is 1. The average molecular weight is 451 g/mol. The molecule has 0 amide bonds. The monoisotopic (exact) mass is 450 g/mol. The Kier molecular flexibility index (Phi) is 6.19. The molecule has 0 radical (unpaired) electrons. The number of halogens is 1. The van der Waals surface area contributed by atoms with Gasteiger partial charge in [0.1, 0.15) is 4.90 Å². The maximum atomic E-state index is 12.7. The summed E-state index contributed by atoms with van der Waals surface area (Å²) in [4.78, 5) is 8.87. The zero-order chi connectivity index (χ0) is 20.3. The van der Waals surface area contributed by atoms with Crippen molar-refractivity contribution in [1.82, 2.24) is 19.4 Å². The number of sulfonamides is 1. The smallest absolute Gasteiger partial charge is 0.259 e. The molecule has 3 aromatic rings. The van der Waals surface area contributed by atoms with E-state index in [2.05, 4.69) is 15.1 Å². The summed E-state index contributed by atoms with van der Waals surface area (Å²) in [6.45, 7) is 1.15. The normalized spacial score (nSPS) is 15.5. The van der Waals surface area contributed by atoms with Crippen LogP contribution in [0.1, 0.15) is 25.1 Å². The Labute approximate surface area is 178 Å². The molecule has 0 spiro atoms. The second-order valence-corrected chi connectivity index (χ2v) is 9.92. The first-order chi connectivity index (χ1) is 14.0. The predicted molar refractivity (Wildman–Crippen MR) is 111 cm³/mol. The molecule has 0 N–H and O–H groups in total. The molecule has 0 bridgehead atoms. The zero-order valence-electron chi connectivity index (χ0n) is 15.5. The molecule has 1 aliphatic rings. The van der Waals surface area contributed by atoms with E-state index >= 15 is 0 Å². The van der Waals surface area contributed by atoms with Crippen LogP contribution in [0.2, 0.25) is 5.02 Å². The molecule has 0 atom stereocenters. The third-order valence-electron chi connectivity index (χ3n) is 4.58. The fourth-order valence-electron chi connectivity index (χ4n) is 3.05. The Morgan fingerprint density at radius 2 is 1.90 bits per heavy atom. The van der Waals surface area contributed by atoms with Crippen LogP contribution < -0.4 is 0 Å². The third kappa shape index (κ3) is 4.63. The quantitative estimate of drug-likeness (QED) is 0.518. The van der Waals surface area contributed by atoms with E-state index in [4.69, 9.17) is 16.1 Å². The van der Waals surface area contributed by atoms with Crippen molar-refractivity contribution >= 4 is 33.4 Å². The Morgan fingerprint density at radius 1 is 1.10 bits per heavy atom. The number of hydrogen-bond acceptors (Lipinski definition) is 7. The van der Waals surface area contributed by atoms with Gasteiger partial charge in [-0.25, -0.2) is 13.4 Å². The molecule has 29 heavy (non-hydrogen) atoms. The highest BCUT2D eigenvalue weighted by Gasteiger charge is 2.26. The molecule has 4 rings (SSSR count). The summed E-state index contributed by atoms with van der Waals surface area (Å²) < 4.78 is 32.2. The highest BCUT2D eigenvalue weighted by molar-refractivity contribution is 7.98. The van der Waals surface area contributed by atoms with Crippen LogP contribution in [0.5, 0.6) is 0 Å². The second kappa shape index (κ2) is 8.83. The molecular weight excluding hydrogens is 432 g/mol. The van der Waals surface area contributed by atoms with Gasteiger partial charge in [-0.1, -0.05) is 47.1 Å². The number of piperidine rings is 1. The molecule has 152 valence electrons. The van der Waals surface area contributed by atoms with Crippen LogP contribution in [-0.4, -0.2) is 40.9 Å². The van der Waals surface area contributed by atoms with Crippen molar-refractivity contribution in [3.05, 3.63) is 53.4 Å². The minimum atomic E-state index is -3.47. The van der Waals surface area contributed by atoms with Gasteiger partial charge in [0.2, 0.25) is 10.0 Å². The van der Waals surface area contributed by atoms with Gasteiger partial charge in [0.25, 0.3) is 5.89 Å². The van der Waals surface area contributed by atoms with E-state index in [1.165, 1.54) is 22.3 Å². The Hall–Kier alpha value is -1.94. The van der Waals surface area contributed by atoms with Crippen LogP contribution in [-0.2, 0) is 15.8 Å². The molecular formula is C19H19ClN4O3S2. The van der Waals surface area contributed by atoms with Crippen molar-refractivity contribution in [2.75, 3.05) is 13.1 Å². The van der Waals surface area contributed by atoms with E-state index in [0.29, 0.717) is 46.2 Å². The maximum absolute atomic E-state index is 12.7. The van der Waals surface area contributed by atoms with Crippen molar-refractivity contribution in [2.45, 2.75) is 34.9 Å². The summed E-state index contributed by atoms with van der Waals surface area (Å²) in [7, 11) is -3.47. The lowest BCUT2D eigenvalue weighted by Gasteiger charge is -2.25. The van der Waals surface area contributed by atoms with E-state index in [1.807, 2.05) is 18.2 Å². The van der Waals surface area contributed by atoms with E-state index in [1.54, 1.807) is 18.2 Å². The molecule has 7 nitrogen and oxygen atoms in total. The molecule has 0 unspecified atom stereocenters. The van der Waals surface area contributed by atoms with Crippen LogP contribution in [0.25, 0.3) is 11.5 Å². The van der Waals surface area contributed by atoms with Crippen molar-refractivity contribution < 1.29 is 12.9 Å². The number of hydrogen-bond donors (Lipinski definition) is 0. The minimum Gasteiger partial charge on any atom is -0.334 e. The maximum Gasteiger partial charge on any atom is 0.259 e. The lowest BCUT2D eigenvalue weighted by atomic mass is 10.2. The molecule has 0 saturated carbocycles. The largest absolute Gasteiger partial charge is 0.334 e. The number of thioether (sulfide) groups is 1.